The Kier molecular flexibility index (Phi) is 4.82. The lowest BCUT2D eigenvalue weighted by Crippen LogP contribution is -2.18. The van der Waals surface area contributed by atoms with Crippen molar-refractivity contribution in [1.29, 1.82) is 0 Å². The van der Waals surface area contributed by atoms with E-state index in [2.05, 4.69) is 15.0 Å². The summed E-state index contributed by atoms with van der Waals surface area (Å²) in [5, 5.41) is 2.31. The number of hydrogen-bond donors (Lipinski definition) is 1. The molecule has 1 aliphatic heterocycles. The first-order valence-corrected chi connectivity index (χ1v) is 7.62. The number of aromatic nitrogens is 1. The quantitative estimate of drug-likeness (QED) is 0.886. The van der Waals surface area contributed by atoms with Crippen LogP contribution in [-0.4, -0.2) is 23.9 Å². The number of rotatable bonds is 3. The Morgan fingerprint density at radius 3 is 2.84 bits per heavy atom. The van der Waals surface area contributed by atoms with Crippen molar-refractivity contribution in [3.8, 4) is 5.75 Å². The van der Waals surface area contributed by atoms with Gasteiger partial charge in [-0.15, -0.1) is 13.2 Å². The van der Waals surface area contributed by atoms with E-state index < -0.39 is 18.0 Å². The average molecular weight is 373 g/mol. The summed E-state index contributed by atoms with van der Waals surface area (Å²) < 4.78 is 45.8. The van der Waals surface area contributed by atoms with Crippen molar-refractivity contribution >= 4 is 23.2 Å². The number of hydrogen-bond acceptors (Lipinski definition) is 4. The van der Waals surface area contributed by atoms with E-state index in [1.54, 1.807) is 6.07 Å². The minimum Gasteiger partial charge on any atom is -0.404 e. The fraction of sp³-hybridized carbons (Fsp3) is 0.250. The highest BCUT2D eigenvalue weighted by Gasteiger charge is 2.32. The van der Waals surface area contributed by atoms with Gasteiger partial charge in [-0.3, -0.25) is 9.78 Å². The van der Waals surface area contributed by atoms with Crippen LogP contribution in [0.15, 0.2) is 30.5 Å². The van der Waals surface area contributed by atoms with E-state index in [0.717, 1.165) is 23.4 Å². The zero-order valence-corrected chi connectivity index (χ0v) is 13.4. The number of benzene rings is 1. The zero-order valence-electron chi connectivity index (χ0n) is 12.7. The number of halogens is 4. The van der Waals surface area contributed by atoms with Gasteiger partial charge in [0.25, 0.3) is 5.91 Å². The second kappa shape index (κ2) is 6.89. The van der Waals surface area contributed by atoms with Gasteiger partial charge in [0.05, 0.1) is 30.1 Å². The largest absolute Gasteiger partial charge is 0.573 e. The molecule has 132 valence electrons. The lowest BCUT2D eigenvalue weighted by Gasteiger charge is -2.16. The van der Waals surface area contributed by atoms with Crippen LogP contribution in [0, 0.1) is 0 Å². The summed E-state index contributed by atoms with van der Waals surface area (Å²) in [5.74, 6) is -1.10. The van der Waals surface area contributed by atoms with E-state index >= 15 is 0 Å². The van der Waals surface area contributed by atoms with Crippen molar-refractivity contribution in [2.45, 2.75) is 19.4 Å². The van der Waals surface area contributed by atoms with Crippen LogP contribution >= 0.6 is 11.6 Å². The van der Waals surface area contributed by atoms with E-state index in [4.69, 9.17) is 16.3 Å². The number of nitrogens with zero attached hydrogens (tertiary/aromatic N) is 1. The third-order valence-corrected chi connectivity index (χ3v) is 3.77. The van der Waals surface area contributed by atoms with Crippen molar-refractivity contribution in [1.82, 2.24) is 4.98 Å². The lowest BCUT2D eigenvalue weighted by molar-refractivity contribution is -0.274. The van der Waals surface area contributed by atoms with Crippen molar-refractivity contribution in [3.05, 3.63) is 52.3 Å². The molecule has 2 aromatic rings. The normalized spacial score (nSPS) is 13.9. The highest BCUT2D eigenvalue weighted by Crippen LogP contribution is 2.31. The second-order valence-corrected chi connectivity index (χ2v) is 5.69. The highest BCUT2D eigenvalue weighted by molar-refractivity contribution is 6.32. The van der Waals surface area contributed by atoms with Crippen LogP contribution in [-0.2, 0) is 17.8 Å². The molecule has 1 N–H and O–H groups in total. The van der Waals surface area contributed by atoms with Gasteiger partial charge in [-0.1, -0.05) is 11.6 Å². The van der Waals surface area contributed by atoms with Crippen molar-refractivity contribution < 1.29 is 27.4 Å². The molecule has 1 aromatic carbocycles. The fourth-order valence-electron chi connectivity index (χ4n) is 2.36. The predicted octanol–water partition coefficient (Wildman–Crippen LogP) is 3.96. The van der Waals surface area contributed by atoms with Gasteiger partial charge in [-0.2, -0.15) is 0 Å². The number of carbonyl (C=O) groups excluding carboxylic acids is 1. The summed E-state index contributed by atoms with van der Waals surface area (Å²) in [7, 11) is 0. The third kappa shape index (κ3) is 4.40. The van der Waals surface area contributed by atoms with E-state index in [1.165, 1.54) is 12.3 Å². The number of pyridine rings is 1. The monoisotopic (exact) mass is 372 g/mol. The highest BCUT2D eigenvalue weighted by atomic mass is 35.5. The van der Waals surface area contributed by atoms with Crippen LogP contribution in [0.4, 0.5) is 18.9 Å². The SMILES string of the molecule is O=C(Nc1cnc2c(c1)COCC2)c1ccc(OC(F)(F)F)c(Cl)c1. The summed E-state index contributed by atoms with van der Waals surface area (Å²) in [4.78, 5) is 16.5. The molecule has 9 heteroatoms. The first-order chi connectivity index (χ1) is 11.8. The summed E-state index contributed by atoms with van der Waals surface area (Å²) >= 11 is 5.74. The molecular formula is C16H12ClF3N2O3. The average Bonchev–Trinajstić information content (AvgIpc) is 2.55. The van der Waals surface area contributed by atoms with Gasteiger partial charge in [-0.25, -0.2) is 0 Å². The van der Waals surface area contributed by atoms with Gasteiger partial charge in [-0.05, 0) is 24.3 Å². The molecule has 0 aliphatic carbocycles. The summed E-state index contributed by atoms with van der Waals surface area (Å²) in [6, 6.07) is 5.04. The Hall–Kier alpha value is -2.32. The van der Waals surface area contributed by atoms with Crippen molar-refractivity contribution in [3.63, 3.8) is 0 Å². The molecule has 0 unspecified atom stereocenters. The van der Waals surface area contributed by atoms with Crippen molar-refractivity contribution in [2.24, 2.45) is 0 Å². The molecule has 1 aromatic heterocycles. The van der Waals surface area contributed by atoms with Crippen LogP contribution in [0.5, 0.6) is 5.75 Å². The third-order valence-electron chi connectivity index (χ3n) is 3.48. The van der Waals surface area contributed by atoms with Gasteiger partial charge in [0, 0.05) is 23.2 Å². The standard InChI is InChI=1S/C16H12ClF3N2O3/c17-12-6-9(1-2-14(12)25-16(18,19)20)15(23)22-11-5-10-8-24-4-3-13(10)21-7-11/h1-2,5-7H,3-4,8H2,(H,22,23). The molecular weight excluding hydrogens is 361 g/mol. The minimum atomic E-state index is -4.86. The number of fused-ring (bicyclic) bond motifs is 1. The predicted molar refractivity (Wildman–Crippen MR) is 83.7 cm³/mol. The van der Waals surface area contributed by atoms with E-state index in [0.29, 0.717) is 25.3 Å². The second-order valence-electron chi connectivity index (χ2n) is 5.28. The summed E-state index contributed by atoms with van der Waals surface area (Å²) in [5.41, 5.74) is 2.35. The fourth-order valence-corrected chi connectivity index (χ4v) is 2.58. The van der Waals surface area contributed by atoms with Crippen LogP contribution in [0.3, 0.4) is 0 Å². The molecule has 0 spiro atoms. The van der Waals surface area contributed by atoms with Crippen molar-refractivity contribution in [2.75, 3.05) is 11.9 Å². The van der Waals surface area contributed by atoms with Crippen LogP contribution in [0.25, 0.3) is 0 Å². The Morgan fingerprint density at radius 1 is 1.32 bits per heavy atom. The Bertz CT molecular complexity index is 812. The molecule has 1 amide bonds. The van der Waals surface area contributed by atoms with E-state index in [1.807, 2.05) is 0 Å². The van der Waals surface area contributed by atoms with Gasteiger partial charge < -0.3 is 14.8 Å². The molecule has 1 aliphatic rings. The molecule has 2 heterocycles. The van der Waals surface area contributed by atoms with Gasteiger partial charge in [0.15, 0.2) is 0 Å². The number of carbonyl (C=O) groups is 1. The molecule has 0 saturated heterocycles. The van der Waals surface area contributed by atoms with E-state index in [9.17, 15) is 18.0 Å². The Labute approximate surface area is 145 Å². The smallest absolute Gasteiger partial charge is 0.404 e. The first-order valence-electron chi connectivity index (χ1n) is 7.24. The Morgan fingerprint density at radius 2 is 2.12 bits per heavy atom. The topological polar surface area (TPSA) is 60.5 Å². The van der Waals surface area contributed by atoms with E-state index in [-0.39, 0.29) is 10.6 Å². The van der Waals surface area contributed by atoms with Gasteiger partial charge in [0.1, 0.15) is 5.75 Å². The Balaban J connectivity index is 1.74. The zero-order chi connectivity index (χ0) is 18.0. The maximum atomic E-state index is 12.2. The molecule has 0 bridgehead atoms. The van der Waals surface area contributed by atoms with Crippen LogP contribution < -0.4 is 10.1 Å². The van der Waals surface area contributed by atoms with Gasteiger partial charge in [0.2, 0.25) is 0 Å². The number of anilines is 1. The molecule has 0 saturated carbocycles. The number of nitrogens with one attached hydrogen (secondary N) is 1. The summed E-state index contributed by atoms with van der Waals surface area (Å²) in [6.07, 6.45) is -2.63. The molecule has 3 rings (SSSR count). The maximum absolute atomic E-state index is 12.2. The first kappa shape index (κ1) is 17.5. The van der Waals surface area contributed by atoms with Crippen LogP contribution in [0.1, 0.15) is 21.6 Å². The molecule has 0 atom stereocenters. The molecule has 0 radical (unpaired) electrons. The number of ether oxygens (including phenoxy) is 2. The molecule has 25 heavy (non-hydrogen) atoms. The maximum Gasteiger partial charge on any atom is 0.573 e. The van der Waals surface area contributed by atoms with Gasteiger partial charge >= 0.3 is 6.36 Å². The van der Waals surface area contributed by atoms with Crippen LogP contribution in [0.2, 0.25) is 5.02 Å². The summed E-state index contributed by atoms with van der Waals surface area (Å²) in [6.45, 7) is 1.03. The molecule has 0 fully saturated rings. The molecule has 5 nitrogen and oxygen atoms in total. The minimum absolute atomic E-state index is 0.0912. The number of alkyl halides is 3. The number of amides is 1. The lowest BCUT2D eigenvalue weighted by atomic mass is 10.1.